The number of alkyl halides is 3. The molecule has 0 saturated heterocycles. The van der Waals surface area contributed by atoms with Gasteiger partial charge in [-0.15, -0.1) is 0 Å². The molecule has 4 rings (SSSR count). The summed E-state index contributed by atoms with van der Waals surface area (Å²) in [4.78, 5) is 22.7. The van der Waals surface area contributed by atoms with Crippen LogP contribution in [0.3, 0.4) is 0 Å². The maximum absolute atomic E-state index is 12.4. The van der Waals surface area contributed by atoms with Crippen LogP contribution in [-0.4, -0.2) is 26.4 Å². The van der Waals surface area contributed by atoms with Crippen molar-refractivity contribution in [2.24, 2.45) is 5.73 Å². The minimum atomic E-state index is -4.33. The summed E-state index contributed by atoms with van der Waals surface area (Å²) in [5.74, 6) is 0.661. The number of ether oxygens (including phenoxy) is 1. The van der Waals surface area contributed by atoms with E-state index >= 15 is 0 Å². The Morgan fingerprint density at radius 2 is 1.81 bits per heavy atom. The maximum atomic E-state index is 12.4. The average molecular weight is 445 g/mol. The van der Waals surface area contributed by atoms with E-state index < -0.39 is 11.4 Å². The van der Waals surface area contributed by atoms with Crippen LogP contribution in [-0.2, 0) is 0 Å². The molecule has 0 aliphatic carbocycles. The lowest BCUT2D eigenvalue weighted by atomic mass is 10.3. The first-order valence-corrected chi connectivity index (χ1v) is 9.63. The Bertz CT molecular complexity index is 1240. The van der Waals surface area contributed by atoms with E-state index in [4.69, 9.17) is 10.5 Å². The number of anilines is 2. The van der Waals surface area contributed by atoms with Gasteiger partial charge in [0.15, 0.2) is 0 Å². The van der Waals surface area contributed by atoms with E-state index in [0.717, 1.165) is 0 Å². The van der Waals surface area contributed by atoms with Gasteiger partial charge in [0.1, 0.15) is 17.2 Å². The molecule has 0 aliphatic heterocycles. The summed E-state index contributed by atoms with van der Waals surface area (Å²) < 4.78 is 43.0. The van der Waals surface area contributed by atoms with E-state index in [1.54, 1.807) is 24.3 Å². The van der Waals surface area contributed by atoms with Gasteiger partial charge in [0, 0.05) is 28.9 Å². The first kappa shape index (κ1) is 20.5. The first-order valence-electron chi connectivity index (χ1n) is 8.81. The summed E-state index contributed by atoms with van der Waals surface area (Å²) in [5.41, 5.74) is 2.90. The Balaban J connectivity index is 1.49. The number of H-pyrrole nitrogens is 1. The second-order valence-electron chi connectivity index (χ2n) is 6.30. The molecule has 0 bridgehead atoms. The number of primary amides is 1. The van der Waals surface area contributed by atoms with Gasteiger partial charge in [-0.1, -0.05) is 0 Å². The Kier molecular flexibility index (Phi) is 5.42. The number of amides is 1. The molecule has 0 unspecified atom stereocenters. The number of carbonyl (C=O) groups excluding carboxylic acids is 1. The number of nitrogens with zero attached hydrogens (tertiary/aromatic N) is 2. The molecule has 0 atom stereocenters. The highest BCUT2D eigenvalue weighted by Crippen LogP contribution is 2.37. The second kappa shape index (κ2) is 8.19. The summed E-state index contributed by atoms with van der Waals surface area (Å²) >= 11 is -0.170. The van der Waals surface area contributed by atoms with Gasteiger partial charge in [0.05, 0.1) is 11.0 Å². The number of hydrogen-bond donors (Lipinski definition) is 3. The van der Waals surface area contributed by atoms with Crippen molar-refractivity contribution in [3.05, 3.63) is 66.5 Å². The van der Waals surface area contributed by atoms with Crippen molar-refractivity contribution in [2.45, 2.75) is 10.4 Å². The highest BCUT2D eigenvalue weighted by molar-refractivity contribution is 8.00. The summed E-state index contributed by atoms with van der Waals surface area (Å²) in [6.45, 7) is 0. The molecule has 11 heteroatoms. The number of fused-ring (bicyclic) bond motifs is 1. The van der Waals surface area contributed by atoms with E-state index in [1.807, 2.05) is 0 Å². The molecule has 4 N–H and O–H groups in total. The van der Waals surface area contributed by atoms with Crippen molar-refractivity contribution in [2.75, 3.05) is 5.32 Å². The highest BCUT2D eigenvalue weighted by Gasteiger charge is 2.29. The number of nitrogens with two attached hydrogens (primary N) is 1. The molecule has 2 aromatic heterocycles. The number of rotatable bonds is 6. The summed E-state index contributed by atoms with van der Waals surface area (Å²) in [5, 5.41) is 3.01. The number of aromatic nitrogens is 3. The molecule has 7 nitrogen and oxygen atoms in total. The number of nitrogens with one attached hydrogen (secondary N) is 2. The zero-order valence-electron chi connectivity index (χ0n) is 15.6. The third-order valence-electron chi connectivity index (χ3n) is 4.02. The van der Waals surface area contributed by atoms with Gasteiger partial charge in [-0.05, 0) is 54.2 Å². The molecule has 4 aromatic rings. The third-order valence-corrected chi connectivity index (χ3v) is 4.76. The fourth-order valence-corrected chi connectivity index (χ4v) is 3.27. The largest absolute Gasteiger partial charge is 0.457 e. The van der Waals surface area contributed by atoms with Gasteiger partial charge < -0.3 is 20.8 Å². The van der Waals surface area contributed by atoms with Crippen molar-refractivity contribution >= 4 is 40.3 Å². The molecular weight excluding hydrogens is 431 g/mol. The number of benzene rings is 2. The van der Waals surface area contributed by atoms with E-state index in [-0.39, 0.29) is 22.4 Å². The SMILES string of the molecule is NC(=O)c1cc(Oc2ccc3nc(Nc4ccc(SC(F)(F)F)cc4)[nH]c3c2)ccn1. The van der Waals surface area contributed by atoms with Crippen molar-refractivity contribution in [3.63, 3.8) is 0 Å². The van der Waals surface area contributed by atoms with Crippen LogP contribution in [0, 0.1) is 0 Å². The molecule has 1 amide bonds. The van der Waals surface area contributed by atoms with Gasteiger partial charge in [-0.2, -0.15) is 13.2 Å². The van der Waals surface area contributed by atoms with Crippen molar-refractivity contribution in [3.8, 4) is 11.5 Å². The van der Waals surface area contributed by atoms with Crippen LogP contribution in [0.25, 0.3) is 11.0 Å². The number of aromatic amines is 1. The standard InChI is InChI=1S/C20H14F3N5O2S/c21-20(22,23)31-14-4-1-11(2-5-14)26-19-27-15-6-3-12(9-16(15)28-19)30-13-7-8-25-17(10-13)18(24)29/h1-10H,(H2,24,29)(H2,26,27,28). The van der Waals surface area contributed by atoms with Gasteiger partial charge in [-0.3, -0.25) is 9.78 Å². The number of imidazole rings is 1. The number of hydrogen-bond acceptors (Lipinski definition) is 6. The Morgan fingerprint density at radius 3 is 2.52 bits per heavy atom. The van der Waals surface area contributed by atoms with Crippen LogP contribution in [0.4, 0.5) is 24.8 Å². The second-order valence-corrected chi connectivity index (χ2v) is 7.44. The van der Waals surface area contributed by atoms with Gasteiger partial charge >= 0.3 is 5.51 Å². The zero-order valence-corrected chi connectivity index (χ0v) is 16.4. The van der Waals surface area contributed by atoms with Crippen LogP contribution >= 0.6 is 11.8 Å². The van der Waals surface area contributed by atoms with Crippen LogP contribution in [0.5, 0.6) is 11.5 Å². The van der Waals surface area contributed by atoms with Crippen molar-refractivity contribution < 1.29 is 22.7 Å². The van der Waals surface area contributed by atoms with E-state index in [9.17, 15) is 18.0 Å². The van der Waals surface area contributed by atoms with Crippen molar-refractivity contribution in [1.82, 2.24) is 15.0 Å². The topological polar surface area (TPSA) is 106 Å². The van der Waals surface area contributed by atoms with Crippen molar-refractivity contribution in [1.29, 1.82) is 0 Å². The fraction of sp³-hybridized carbons (Fsp3) is 0.0500. The van der Waals surface area contributed by atoms with Crippen LogP contribution < -0.4 is 15.8 Å². The molecule has 0 fully saturated rings. The number of thioether (sulfide) groups is 1. The third kappa shape index (κ3) is 5.25. The van der Waals surface area contributed by atoms with Crippen LogP contribution in [0.1, 0.15) is 10.5 Å². The number of halogens is 3. The van der Waals surface area contributed by atoms with Gasteiger partial charge in [-0.25, -0.2) is 4.98 Å². The molecular formula is C20H14F3N5O2S. The molecule has 0 radical (unpaired) electrons. The number of carbonyl (C=O) groups is 1. The molecule has 0 spiro atoms. The smallest absolute Gasteiger partial charge is 0.446 e. The minimum absolute atomic E-state index is 0.0891. The monoisotopic (exact) mass is 445 g/mol. The normalized spacial score (nSPS) is 11.5. The lowest BCUT2D eigenvalue weighted by molar-refractivity contribution is -0.0328. The summed E-state index contributed by atoms with van der Waals surface area (Å²) in [7, 11) is 0. The number of pyridine rings is 1. The quantitative estimate of drug-likeness (QED) is 0.352. The summed E-state index contributed by atoms with van der Waals surface area (Å²) in [6.07, 6.45) is 1.42. The molecule has 2 aromatic carbocycles. The van der Waals surface area contributed by atoms with Gasteiger partial charge in [0.2, 0.25) is 5.95 Å². The summed E-state index contributed by atoms with van der Waals surface area (Å²) in [6, 6.07) is 14.0. The van der Waals surface area contributed by atoms with Crippen LogP contribution in [0.2, 0.25) is 0 Å². The van der Waals surface area contributed by atoms with E-state index in [2.05, 4.69) is 20.3 Å². The Hall–Kier alpha value is -3.73. The molecule has 0 aliphatic rings. The molecule has 31 heavy (non-hydrogen) atoms. The molecule has 0 saturated carbocycles. The van der Waals surface area contributed by atoms with Gasteiger partial charge in [0.25, 0.3) is 5.91 Å². The first-order chi connectivity index (χ1) is 14.7. The predicted octanol–water partition coefficient (Wildman–Crippen LogP) is 5.20. The zero-order chi connectivity index (χ0) is 22.0. The molecule has 2 heterocycles. The average Bonchev–Trinajstić information content (AvgIpc) is 3.10. The highest BCUT2D eigenvalue weighted by atomic mass is 32.2. The molecule has 158 valence electrons. The fourth-order valence-electron chi connectivity index (χ4n) is 2.73. The predicted molar refractivity (Wildman–Crippen MR) is 111 cm³/mol. The lowest BCUT2D eigenvalue weighted by Crippen LogP contribution is -2.12. The van der Waals surface area contributed by atoms with Crippen LogP contribution in [0.15, 0.2) is 65.7 Å². The lowest BCUT2D eigenvalue weighted by Gasteiger charge is -2.07. The maximum Gasteiger partial charge on any atom is 0.446 e. The Morgan fingerprint density at radius 1 is 1.06 bits per heavy atom. The van der Waals surface area contributed by atoms with E-state index in [1.165, 1.54) is 36.5 Å². The van der Waals surface area contributed by atoms with E-state index in [0.29, 0.717) is 34.2 Å². The minimum Gasteiger partial charge on any atom is -0.457 e. The Labute approximate surface area is 177 Å².